The van der Waals surface area contributed by atoms with Crippen molar-refractivity contribution in [1.29, 1.82) is 0 Å². The van der Waals surface area contributed by atoms with Crippen molar-refractivity contribution < 1.29 is 9.53 Å². The van der Waals surface area contributed by atoms with Gasteiger partial charge < -0.3 is 14.6 Å². The first-order chi connectivity index (χ1) is 15.8. The van der Waals surface area contributed by atoms with Crippen molar-refractivity contribution in [2.45, 2.75) is 57.1 Å². The third kappa shape index (κ3) is 4.54. The van der Waals surface area contributed by atoms with Gasteiger partial charge in [0.1, 0.15) is 12.4 Å². The third-order valence-electron chi connectivity index (χ3n) is 6.93. The lowest BCUT2D eigenvalue weighted by Crippen LogP contribution is -2.49. The van der Waals surface area contributed by atoms with Crippen molar-refractivity contribution >= 4 is 6.09 Å². The summed E-state index contributed by atoms with van der Waals surface area (Å²) in [5.74, 6) is 1.69. The Labute approximate surface area is 189 Å². The molecule has 1 N–H and O–H groups in total. The molecular weight excluding hydrogens is 400 g/mol. The molecule has 0 bridgehead atoms. The number of nitrogens with one attached hydrogen (secondary N) is 1. The van der Waals surface area contributed by atoms with Gasteiger partial charge in [0, 0.05) is 24.7 Å². The number of likely N-dealkylation sites (tertiary alicyclic amines) is 1. The first-order valence-corrected chi connectivity index (χ1v) is 11.7. The summed E-state index contributed by atoms with van der Waals surface area (Å²) < 4.78 is 5.76. The van der Waals surface area contributed by atoms with Crippen molar-refractivity contribution in [2.24, 2.45) is 5.92 Å². The van der Waals surface area contributed by atoms with Crippen LogP contribution in [0.2, 0.25) is 0 Å². The molecule has 1 aliphatic carbocycles. The number of amides is 1. The predicted octanol–water partition coefficient (Wildman–Crippen LogP) is 5.55. The minimum atomic E-state index is -0.202. The van der Waals surface area contributed by atoms with E-state index in [1.807, 2.05) is 59.6 Å². The van der Waals surface area contributed by atoms with Crippen LogP contribution in [0.5, 0.6) is 0 Å². The van der Waals surface area contributed by atoms with Crippen molar-refractivity contribution in [3.63, 3.8) is 0 Å². The third-order valence-corrected chi connectivity index (χ3v) is 6.93. The van der Waals surface area contributed by atoms with Gasteiger partial charge >= 0.3 is 6.09 Å². The first kappa shape index (κ1) is 20.7. The standard InChI is InChI=1S/C26H30N4O2/c31-26(32-18-19-8-2-1-3-9-19)30-17-21(13-14-24(30)20-10-4-5-11-20)25-28-16-23(29-25)22-12-6-7-15-27-22/h1-3,6-9,12,15-16,20-21,24H,4-5,10-11,13-14,17-18H2,(H,28,29). The van der Waals surface area contributed by atoms with Crippen LogP contribution in [0.25, 0.3) is 11.4 Å². The van der Waals surface area contributed by atoms with Crippen molar-refractivity contribution in [3.8, 4) is 11.4 Å². The van der Waals surface area contributed by atoms with Crippen LogP contribution < -0.4 is 0 Å². The van der Waals surface area contributed by atoms with Crippen LogP contribution in [0, 0.1) is 5.92 Å². The fourth-order valence-corrected chi connectivity index (χ4v) is 5.26. The number of benzene rings is 1. The van der Waals surface area contributed by atoms with Gasteiger partial charge in [-0.2, -0.15) is 0 Å². The van der Waals surface area contributed by atoms with Gasteiger partial charge in [-0.05, 0) is 49.3 Å². The van der Waals surface area contributed by atoms with Crippen LogP contribution in [-0.2, 0) is 11.3 Å². The number of hydrogen-bond donors (Lipinski definition) is 1. The summed E-state index contributed by atoms with van der Waals surface area (Å²) in [4.78, 5) is 27.7. The van der Waals surface area contributed by atoms with Gasteiger partial charge in [-0.1, -0.05) is 49.2 Å². The molecule has 166 valence electrons. The molecular formula is C26H30N4O2. The van der Waals surface area contributed by atoms with Crippen molar-refractivity contribution in [3.05, 3.63) is 72.3 Å². The van der Waals surface area contributed by atoms with E-state index < -0.39 is 0 Å². The topological polar surface area (TPSA) is 71.1 Å². The molecule has 2 aromatic heterocycles. The Morgan fingerprint density at radius 1 is 1.00 bits per heavy atom. The highest BCUT2D eigenvalue weighted by molar-refractivity contribution is 5.68. The summed E-state index contributed by atoms with van der Waals surface area (Å²) in [5.41, 5.74) is 2.81. The van der Waals surface area contributed by atoms with Crippen LogP contribution in [0.3, 0.4) is 0 Å². The number of aromatic nitrogens is 3. The van der Waals surface area contributed by atoms with E-state index in [0.717, 1.165) is 35.6 Å². The number of aromatic amines is 1. The van der Waals surface area contributed by atoms with Gasteiger partial charge in [0.05, 0.1) is 17.6 Å². The highest BCUT2D eigenvalue weighted by Gasteiger charge is 2.39. The number of carbonyl (C=O) groups is 1. The highest BCUT2D eigenvalue weighted by Crippen LogP contribution is 2.38. The van der Waals surface area contributed by atoms with E-state index in [0.29, 0.717) is 19.1 Å². The Morgan fingerprint density at radius 2 is 1.81 bits per heavy atom. The average Bonchev–Trinajstić information content (AvgIpc) is 3.56. The SMILES string of the molecule is O=C(OCc1ccccc1)N1CC(c2ncc(-c3ccccn3)[nH]2)CCC1C1CCCC1. The molecule has 2 fully saturated rings. The van der Waals surface area contributed by atoms with Crippen LogP contribution in [0.15, 0.2) is 60.9 Å². The lowest BCUT2D eigenvalue weighted by molar-refractivity contribution is 0.0461. The van der Waals surface area contributed by atoms with Gasteiger partial charge in [0.25, 0.3) is 0 Å². The maximum atomic E-state index is 13.2. The molecule has 32 heavy (non-hydrogen) atoms. The van der Waals surface area contributed by atoms with Gasteiger partial charge in [0.2, 0.25) is 0 Å². The summed E-state index contributed by atoms with van der Waals surface area (Å²) >= 11 is 0. The molecule has 0 spiro atoms. The molecule has 0 radical (unpaired) electrons. The number of imidazole rings is 1. The maximum Gasteiger partial charge on any atom is 0.410 e. The smallest absolute Gasteiger partial charge is 0.410 e. The second kappa shape index (κ2) is 9.55. The quantitative estimate of drug-likeness (QED) is 0.576. The van der Waals surface area contributed by atoms with Crippen molar-refractivity contribution in [2.75, 3.05) is 6.54 Å². The Morgan fingerprint density at radius 3 is 2.59 bits per heavy atom. The summed E-state index contributed by atoms with van der Waals surface area (Å²) in [6.45, 7) is 0.951. The Kier molecular flexibility index (Phi) is 6.19. The molecule has 1 amide bonds. The van der Waals surface area contributed by atoms with E-state index in [2.05, 4.69) is 15.0 Å². The summed E-state index contributed by atoms with van der Waals surface area (Å²) in [5, 5.41) is 0. The zero-order chi connectivity index (χ0) is 21.8. The molecule has 5 rings (SSSR count). The van der Waals surface area contributed by atoms with E-state index in [-0.39, 0.29) is 18.1 Å². The minimum absolute atomic E-state index is 0.175. The van der Waals surface area contributed by atoms with E-state index in [1.54, 1.807) is 6.20 Å². The minimum Gasteiger partial charge on any atom is -0.445 e. The molecule has 6 heteroatoms. The van der Waals surface area contributed by atoms with Gasteiger partial charge in [-0.25, -0.2) is 9.78 Å². The zero-order valence-electron chi connectivity index (χ0n) is 18.3. The van der Waals surface area contributed by atoms with Crippen LogP contribution in [0.1, 0.15) is 55.8 Å². The van der Waals surface area contributed by atoms with Gasteiger partial charge in [-0.15, -0.1) is 0 Å². The summed E-state index contributed by atoms with van der Waals surface area (Å²) in [6, 6.07) is 16.0. The predicted molar refractivity (Wildman–Crippen MR) is 123 cm³/mol. The van der Waals surface area contributed by atoms with E-state index in [4.69, 9.17) is 4.74 Å². The highest BCUT2D eigenvalue weighted by atomic mass is 16.6. The average molecular weight is 431 g/mol. The molecule has 6 nitrogen and oxygen atoms in total. The molecule has 3 aromatic rings. The Bertz CT molecular complexity index is 1010. The molecule has 2 aliphatic rings. The molecule has 1 aliphatic heterocycles. The number of rotatable bonds is 5. The number of nitrogens with zero attached hydrogens (tertiary/aromatic N) is 3. The Hall–Kier alpha value is -3.15. The van der Waals surface area contributed by atoms with Gasteiger partial charge in [-0.3, -0.25) is 4.98 Å². The molecule has 2 atom stereocenters. The maximum absolute atomic E-state index is 13.2. The van der Waals surface area contributed by atoms with E-state index in [9.17, 15) is 4.79 Å². The summed E-state index contributed by atoms with van der Waals surface area (Å²) in [6.07, 6.45) is 10.4. The number of ether oxygens (including phenoxy) is 1. The molecule has 1 saturated carbocycles. The van der Waals surface area contributed by atoms with Crippen molar-refractivity contribution in [1.82, 2.24) is 19.9 Å². The lowest BCUT2D eigenvalue weighted by atomic mass is 9.85. The molecule has 2 unspecified atom stereocenters. The fraction of sp³-hybridized carbons (Fsp3) is 0.423. The first-order valence-electron chi connectivity index (χ1n) is 11.7. The number of H-pyrrole nitrogens is 1. The second-order valence-corrected chi connectivity index (χ2v) is 8.98. The molecule has 3 heterocycles. The number of pyridine rings is 1. The number of piperidine rings is 1. The normalized spacial score (nSPS) is 21.6. The van der Waals surface area contributed by atoms with Gasteiger partial charge in [0.15, 0.2) is 0 Å². The zero-order valence-corrected chi connectivity index (χ0v) is 18.3. The number of carbonyl (C=O) groups excluding carboxylic acids is 1. The van der Waals surface area contributed by atoms with Crippen LogP contribution in [0.4, 0.5) is 4.79 Å². The van der Waals surface area contributed by atoms with E-state index in [1.165, 1.54) is 25.7 Å². The van der Waals surface area contributed by atoms with Crippen LogP contribution >= 0.6 is 0 Å². The number of hydrogen-bond acceptors (Lipinski definition) is 4. The second-order valence-electron chi connectivity index (χ2n) is 8.98. The largest absolute Gasteiger partial charge is 0.445 e. The molecule has 1 aromatic carbocycles. The monoisotopic (exact) mass is 430 g/mol. The lowest BCUT2D eigenvalue weighted by Gasteiger charge is -2.41. The summed E-state index contributed by atoms with van der Waals surface area (Å²) in [7, 11) is 0. The van der Waals surface area contributed by atoms with Crippen LogP contribution in [-0.4, -0.2) is 38.5 Å². The fourth-order valence-electron chi connectivity index (χ4n) is 5.26. The Balaban J connectivity index is 1.31. The van der Waals surface area contributed by atoms with E-state index >= 15 is 0 Å². The molecule has 1 saturated heterocycles.